The molecular weight excluding hydrogens is 808 g/mol. The van der Waals surface area contributed by atoms with Gasteiger partial charge in [0, 0.05) is 34.5 Å². The van der Waals surface area contributed by atoms with E-state index in [2.05, 4.69) is 152 Å². The van der Waals surface area contributed by atoms with E-state index in [0.29, 0.717) is 17.4 Å². The number of ether oxygens (including phenoxy) is 1. The van der Waals surface area contributed by atoms with E-state index >= 15 is 0 Å². The summed E-state index contributed by atoms with van der Waals surface area (Å²) < 4.78 is 10.9. The summed E-state index contributed by atoms with van der Waals surface area (Å²) in [6, 6.07) is 35.0. The Labute approximate surface area is 317 Å². The number of pyridine rings is 1. The third-order valence-corrected chi connectivity index (χ3v) is 9.91. The maximum Gasteiger partial charge on any atom is 2.00 e. The van der Waals surface area contributed by atoms with Gasteiger partial charge in [-0.1, -0.05) is 90.4 Å². The van der Waals surface area contributed by atoms with Crippen molar-refractivity contribution in [3.63, 3.8) is 0 Å². The minimum absolute atomic E-state index is 0. The molecule has 0 aliphatic heterocycles. The summed E-state index contributed by atoms with van der Waals surface area (Å²) in [5.41, 5.74) is 12.5. The predicted octanol–water partition coefficient (Wildman–Crippen LogP) is 11.6. The van der Waals surface area contributed by atoms with Crippen LogP contribution in [0.5, 0.6) is 11.5 Å². The first-order valence-corrected chi connectivity index (χ1v) is 17.8. The molecule has 3 aromatic heterocycles. The SMILES string of the molecule is CCc1cccc(CC)c1-c1c(C)nn(-c2[c-]c(Oc3[c-]c4c(cc3)c3ccccc3n4-c3cc(C(C)C)ccn3)cc(C(C)(C)C)c2)c1C.[Pt+2]. The van der Waals surface area contributed by atoms with Crippen LogP contribution in [0.15, 0.2) is 85.1 Å². The molecule has 7 aromatic rings. The Bertz CT molecular complexity index is 2350. The third-order valence-electron chi connectivity index (χ3n) is 9.91. The van der Waals surface area contributed by atoms with Crippen LogP contribution in [0.1, 0.15) is 88.0 Å². The quantitative estimate of drug-likeness (QED) is 0.143. The smallest absolute Gasteiger partial charge is 0.509 e. The van der Waals surface area contributed by atoms with Gasteiger partial charge in [0.25, 0.3) is 0 Å². The van der Waals surface area contributed by atoms with E-state index < -0.39 is 0 Å². The van der Waals surface area contributed by atoms with Crippen molar-refractivity contribution in [3.05, 3.63) is 131 Å². The second-order valence-corrected chi connectivity index (χ2v) is 14.6. The van der Waals surface area contributed by atoms with E-state index in [4.69, 9.17) is 14.8 Å². The summed E-state index contributed by atoms with van der Waals surface area (Å²) in [4.78, 5) is 4.81. The molecule has 0 aliphatic rings. The molecule has 51 heavy (non-hydrogen) atoms. The first kappa shape index (κ1) is 36.3. The fourth-order valence-corrected chi connectivity index (χ4v) is 7.14. The van der Waals surface area contributed by atoms with Crippen LogP contribution in [0.2, 0.25) is 0 Å². The molecule has 0 saturated carbocycles. The number of nitrogens with zero attached hydrogens (tertiary/aromatic N) is 4. The number of aromatic nitrogens is 4. The molecule has 0 fully saturated rings. The van der Waals surface area contributed by atoms with Crippen molar-refractivity contribution in [2.75, 3.05) is 0 Å². The normalized spacial score (nSPS) is 11.8. The minimum atomic E-state index is -0.127. The molecule has 5 nitrogen and oxygen atoms in total. The second kappa shape index (κ2) is 14.3. The van der Waals surface area contributed by atoms with Crippen molar-refractivity contribution in [2.24, 2.45) is 0 Å². The van der Waals surface area contributed by atoms with E-state index in [0.717, 1.165) is 63.1 Å². The van der Waals surface area contributed by atoms with Crippen LogP contribution >= 0.6 is 0 Å². The average Bonchev–Trinajstić information content (AvgIpc) is 3.59. The van der Waals surface area contributed by atoms with Crippen molar-refractivity contribution in [2.45, 2.75) is 86.5 Å². The molecule has 0 N–H and O–H groups in total. The second-order valence-electron chi connectivity index (χ2n) is 14.6. The molecule has 0 radical (unpaired) electrons. The first-order valence-electron chi connectivity index (χ1n) is 17.8. The molecule has 0 aliphatic carbocycles. The molecule has 0 saturated heterocycles. The molecule has 3 heterocycles. The Kier molecular flexibility index (Phi) is 10.2. The van der Waals surface area contributed by atoms with Gasteiger partial charge in [0.1, 0.15) is 5.82 Å². The molecule has 4 aromatic carbocycles. The van der Waals surface area contributed by atoms with Crippen molar-refractivity contribution < 1.29 is 25.8 Å². The fourth-order valence-electron chi connectivity index (χ4n) is 7.14. The largest absolute Gasteiger partial charge is 2.00 e. The third kappa shape index (κ3) is 6.69. The van der Waals surface area contributed by atoms with Crippen LogP contribution in [0, 0.1) is 26.0 Å². The van der Waals surface area contributed by atoms with Crippen molar-refractivity contribution in [3.8, 4) is 34.1 Å². The van der Waals surface area contributed by atoms with Gasteiger partial charge in [-0.2, -0.15) is 11.2 Å². The number of para-hydroxylation sites is 1. The summed E-state index contributed by atoms with van der Waals surface area (Å²) in [6.07, 6.45) is 3.83. The molecule has 7 rings (SSSR count). The molecule has 0 amide bonds. The van der Waals surface area contributed by atoms with Gasteiger partial charge in [-0.05, 0) is 89.5 Å². The van der Waals surface area contributed by atoms with Gasteiger partial charge < -0.3 is 9.30 Å². The fraction of sp³-hybridized carbons (Fsp3) is 0.289. The average molecular weight is 854 g/mol. The molecule has 0 spiro atoms. The van der Waals surface area contributed by atoms with Crippen LogP contribution in [0.3, 0.4) is 0 Å². The molecule has 0 bridgehead atoms. The summed E-state index contributed by atoms with van der Waals surface area (Å²) in [5, 5.41) is 7.38. The number of rotatable bonds is 8. The van der Waals surface area contributed by atoms with E-state index in [9.17, 15) is 0 Å². The van der Waals surface area contributed by atoms with Gasteiger partial charge in [-0.3, -0.25) is 4.68 Å². The maximum atomic E-state index is 6.68. The number of aryl methyl sites for hydroxylation is 3. The monoisotopic (exact) mass is 853 g/mol. The van der Waals surface area contributed by atoms with Crippen LogP contribution in [-0.2, 0) is 39.3 Å². The zero-order valence-electron chi connectivity index (χ0n) is 31.1. The van der Waals surface area contributed by atoms with Gasteiger partial charge in [0.15, 0.2) is 0 Å². The van der Waals surface area contributed by atoms with E-state index in [1.54, 1.807) is 0 Å². The topological polar surface area (TPSA) is 44.9 Å². The van der Waals surface area contributed by atoms with E-state index in [1.807, 2.05) is 16.9 Å². The zero-order valence-corrected chi connectivity index (χ0v) is 33.4. The van der Waals surface area contributed by atoms with Gasteiger partial charge in [-0.15, -0.1) is 41.3 Å². The number of hydrogen-bond donors (Lipinski definition) is 0. The molecule has 0 unspecified atom stereocenters. The van der Waals surface area contributed by atoms with Crippen molar-refractivity contribution >= 4 is 21.8 Å². The Morgan fingerprint density at radius 1 is 0.784 bits per heavy atom. The van der Waals surface area contributed by atoms with Crippen LogP contribution in [-0.4, -0.2) is 19.3 Å². The van der Waals surface area contributed by atoms with Crippen LogP contribution < -0.4 is 4.74 Å². The van der Waals surface area contributed by atoms with Gasteiger partial charge in [0.05, 0.1) is 5.69 Å². The van der Waals surface area contributed by atoms with Gasteiger partial charge in [-0.25, -0.2) is 4.98 Å². The maximum absolute atomic E-state index is 6.68. The Morgan fingerprint density at radius 2 is 1.51 bits per heavy atom. The molecular formula is C45H46N4OPt. The molecule has 0 atom stereocenters. The Morgan fingerprint density at radius 3 is 2.20 bits per heavy atom. The van der Waals surface area contributed by atoms with E-state index in [1.165, 1.54) is 27.8 Å². The van der Waals surface area contributed by atoms with Crippen molar-refractivity contribution in [1.82, 2.24) is 19.3 Å². The zero-order chi connectivity index (χ0) is 35.3. The standard InChI is InChI=1S/C45H46N4O.Pt/c1-10-31-15-14-16-32(11-2)44(31)43-29(5)47-49(30(43)6)35-24-34(45(7,8)9)25-37(26-35)50-36-19-20-39-38-17-12-13-18-40(38)48(41(39)27-36)42-23-33(28(3)4)21-22-46-42;/h12-25,28H,10-11H2,1-9H3;/q-2;+2. The van der Waals surface area contributed by atoms with E-state index in [-0.39, 0.29) is 26.5 Å². The Balaban J connectivity index is 0.00000448. The van der Waals surface area contributed by atoms with Crippen LogP contribution in [0.25, 0.3) is 44.4 Å². The minimum Gasteiger partial charge on any atom is -0.509 e. The molecule has 6 heteroatoms. The summed E-state index contributed by atoms with van der Waals surface area (Å²) in [6.45, 7) is 19.8. The predicted molar refractivity (Wildman–Crippen MR) is 206 cm³/mol. The van der Waals surface area contributed by atoms with Crippen molar-refractivity contribution in [1.29, 1.82) is 0 Å². The van der Waals surface area contributed by atoms with Gasteiger partial charge >= 0.3 is 21.1 Å². The van der Waals surface area contributed by atoms with Crippen LogP contribution in [0.4, 0.5) is 0 Å². The summed E-state index contributed by atoms with van der Waals surface area (Å²) in [5.74, 6) is 2.51. The summed E-state index contributed by atoms with van der Waals surface area (Å²) in [7, 11) is 0. The number of benzene rings is 4. The first-order chi connectivity index (χ1) is 24.0. The van der Waals surface area contributed by atoms with Gasteiger partial charge in [0.2, 0.25) is 0 Å². The summed E-state index contributed by atoms with van der Waals surface area (Å²) >= 11 is 0. The molecule has 262 valence electrons. The number of fused-ring (bicyclic) bond motifs is 3. The Hall–Kier alpha value is -4.47. The number of hydrogen-bond acceptors (Lipinski definition) is 3.